The number of anilines is 1. The van der Waals surface area contributed by atoms with Crippen LogP contribution in [-0.4, -0.2) is 36.3 Å². The van der Waals surface area contributed by atoms with Gasteiger partial charge in [-0.05, 0) is 37.6 Å². The van der Waals surface area contributed by atoms with E-state index in [1.165, 1.54) is 11.7 Å². The summed E-state index contributed by atoms with van der Waals surface area (Å²) in [7, 11) is 3.03. The average Bonchev–Trinajstić information content (AvgIpc) is 2.54. The van der Waals surface area contributed by atoms with Crippen molar-refractivity contribution in [3.63, 3.8) is 0 Å². The highest BCUT2D eigenvalue weighted by Gasteiger charge is 2.19. The Morgan fingerprint density at radius 3 is 2.75 bits per heavy atom. The van der Waals surface area contributed by atoms with Crippen molar-refractivity contribution in [3.05, 3.63) is 51.6 Å². The summed E-state index contributed by atoms with van der Waals surface area (Å²) in [5.74, 6) is -0.203. The number of rotatable bonds is 6. The van der Waals surface area contributed by atoms with Gasteiger partial charge in [-0.15, -0.1) is 0 Å². The highest BCUT2D eigenvalue weighted by molar-refractivity contribution is 6.05. The van der Waals surface area contributed by atoms with Crippen LogP contribution in [0.15, 0.2) is 29.2 Å². The van der Waals surface area contributed by atoms with E-state index in [4.69, 9.17) is 9.47 Å². The van der Waals surface area contributed by atoms with Gasteiger partial charge in [0.1, 0.15) is 11.3 Å². The monoisotopic (exact) mass is 331 g/mol. The molecule has 2 rings (SSSR count). The molecular weight excluding hydrogens is 310 g/mol. The number of nitrogens with zero attached hydrogens (tertiary/aromatic N) is 2. The van der Waals surface area contributed by atoms with Crippen molar-refractivity contribution in [2.75, 3.05) is 26.1 Å². The average molecular weight is 331 g/mol. The molecule has 0 aromatic carbocycles. The van der Waals surface area contributed by atoms with Crippen LogP contribution in [0.4, 0.5) is 5.69 Å². The SMILES string of the molecule is COCCn1c(C)cc(C)c(C(=O)Nc2cccnc2OC)c1=O. The number of aromatic nitrogens is 2. The molecule has 0 atom stereocenters. The second-order valence-corrected chi connectivity index (χ2v) is 5.31. The van der Waals surface area contributed by atoms with Gasteiger partial charge >= 0.3 is 0 Å². The van der Waals surface area contributed by atoms with Crippen LogP contribution in [0.2, 0.25) is 0 Å². The van der Waals surface area contributed by atoms with Crippen molar-refractivity contribution >= 4 is 11.6 Å². The van der Waals surface area contributed by atoms with E-state index >= 15 is 0 Å². The van der Waals surface area contributed by atoms with Gasteiger partial charge in [-0.25, -0.2) is 4.98 Å². The van der Waals surface area contributed by atoms with Crippen LogP contribution in [0, 0.1) is 13.8 Å². The molecule has 7 heteroatoms. The molecule has 2 heterocycles. The molecule has 7 nitrogen and oxygen atoms in total. The molecule has 0 fully saturated rings. The summed E-state index contributed by atoms with van der Waals surface area (Å²) in [6, 6.07) is 5.15. The lowest BCUT2D eigenvalue weighted by Gasteiger charge is -2.14. The zero-order valence-corrected chi connectivity index (χ0v) is 14.3. The van der Waals surface area contributed by atoms with Gasteiger partial charge in [-0.3, -0.25) is 9.59 Å². The fourth-order valence-electron chi connectivity index (χ4n) is 2.50. The second-order valence-electron chi connectivity index (χ2n) is 5.31. The predicted molar refractivity (Wildman–Crippen MR) is 90.8 cm³/mol. The van der Waals surface area contributed by atoms with Crippen molar-refractivity contribution in [3.8, 4) is 5.88 Å². The topological polar surface area (TPSA) is 82.4 Å². The molecule has 128 valence electrons. The summed E-state index contributed by atoms with van der Waals surface area (Å²) >= 11 is 0. The first-order valence-electron chi connectivity index (χ1n) is 7.50. The van der Waals surface area contributed by atoms with Crippen LogP contribution in [0.5, 0.6) is 5.88 Å². The fourth-order valence-corrected chi connectivity index (χ4v) is 2.50. The Balaban J connectivity index is 2.40. The first-order chi connectivity index (χ1) is 11.5. The summed E-state index contributed by atoms with van der Waals surface area (Å²) in [5, 5.41) is 2.69. The van der Waals surface area contributed by atoms with Crippen molar-refractivity contribution in [1.82, 2.24) is 9.55 Å². The number of hydrogen-bond acceptors (Lipinski definition) is 5. The van der Waals surface area contributed by atoms with Gasteiger partial charge < -0.3 is 19.4 Å². The van der Waals surface area contributed by atoms with Crippen LogP contribution >= 0.6 is 0 Å². The molecule has 0 aliphatic rings. The Morgan fingerprint density at radius 1 is 1.33 bits per heavy atom. The molecule has 0 unspecified atom stereocenters. The largest absolute Gasteiger partial charge is 0.480 e. The highest BCUT2D eigenvalue weighted by atomic mass is 16.5. The minimum absolute atomic E-state index is 0.0996. The van der Waals surface area contributed by atoms with Gasteiger partial charge in [0, 0.05) is 25.5 Å². The van der Waals surface area contributed by atoms with Crippen LogP contribution in [-0.2, 0) is 11.3 Å². The molecule has 0 radical (unpaired) electrons. The van der Waals surface area contributed by atoms with Gasteiger partial charge in [0.15, 0.2) is 0 Å². The number of carbonyl (C=O) groups excluding carboxylic acids is 1. The summed E-state index contributed by atoms with van der Waals surface area (Å²) in [6.07, 6.45) is 1.56. The van der Waals surface area contributed by atoms with E-state index in [-0.39, 0.29) is 17.0 Å². The maximum absolute atomic E-state index is 12.7. The fraction of sp³-hybridized carbons (Fsp3) is 0.353. The van der Waals surface area contributed by atoms with Crippen molar-refractivity contribution in [2.45, 2.75) is 20.4 Å². The normalized spacial score (nSPS) is 10.5. The van der Waals surface area contributed by atoms with Crippen molar-refractivity contribution in [1.29, 1.82) is 0 Å². The van der Waals surface area contributed by atoms with Crippen LogP contribution in [0.1, 0.15) is 21.6 Å². The van der Waals surface area contributed by atoms with Crippen LogP contribution in [0.25, 0.3) is 0 Å². The van der Waals surface area contributed by atoms with Crippen LogP contribution in [0.3, 0.4) is 0 Å². The third-order valence-electron chi connectivity index (χ3n) is 3.66. The zero-order valence-electron chi connectivity index (χ0n) is 14.3. The summed E-state index contributed by atoms with van der Waals surface area (Å²) in [6.45, 7) is 4.35. The molecule has 0 aliphatic heterocycles. The lowest BCUT2D eigenvalue weighted by atomic mass is 10.1. The molecule has 0 saturated heterocycles. The van der Waals surface area contributed by atoms with Crippen molar-refractivity contribution in [2.24, 2.45) is 0 Å². The molecule has 0 spiro atoms. The smallest absolute Gasteiger partial charge is 0.263 e. The number of methoxy groups -OCH3 is 2. The van der Waals surface area contributed by atoms with Gasteiger partial charge in [0.05, 0.1) is 13.7 Å². The molecule has 0 saturated carbocycles. The Hall–Kier alpha value is -2.67. The molecule has 0 aliphatic carbocycles. The van der Waals surface area contributed by atoms with Gasteiger partial charge in [0.2, 0.25) is 5.88 Å². The molecule has 24 heavy (non-hydrogen) atoms. The summed E-state index contributed by atoms with van der Waals surface area (Å²) < 4.78 is 11.7. The number of hydrogen-bond donors (Lipinski definition) is 1. The van der Waals surface area contributed by atoms with E-state index in [1.54, 1.807) is 32.4 Å². The Bertz CT molecular complexity index is 799. The minimum Gasteiger partial charge on any atom is -0.480 e. The Morgan fingerprint density at radius 2 is 2.08 bits per heavy atom. The summed E-state index contributed by atoms with van der Waals surface area (Å²) in [5.41, 5.74) is 1.57. The van der Waals surface area contributed by atoms with E-state index in [0.717, 1.165) is 5.69 Å². The lowest BCUT2D eigenvalue weighted by Crippen LogP contribution is -2.32. The van der Waals surface area contributed by atoms with Crippen LogP contribution < -0.4 is 15.6 Å². The lowest BCUT2D eigenvalue weighted by molar-refractivity contribution is 0.102. The zero-order chi connectivity index (χ0) is 17.7. The molecule has 1 N–H and O–H groups in total. The Labute approximate surface area is 140 Å². The number of carbonyl (C=O) groups is 1. The summed E-state index contributed by atoms with van der Waals surface area (Å²) in [4.78, 5) is 29.3. The van der Waals surface area contributed by atoms with Gasteiger partial charge in [-0.1, -0.05) is 0 Å². The standard InChI is InChI=1S/C17H21N3O4/c1-11-10-12(2)20(8-9-23-3)17(22)14(11)15(21)19-13-6-5-7-18-16(13)24-4/h5-7,10H,8-9H2,1-4H3,(H,19,21). The van der Waals surface area contributed by atoms with E-state index < -0.39 is 5.91 Å². The molecule has 2 aromatic rings. The minimum atomic E-state index is -0.491. The van der Waals surface area contributed by atoms with E-state index in [0.29, 0.717) is 24.4 Å². The number of ether oxygens (including phenoxy) is 2. The Kier molecular flexibility index (Phi) is 5.70. The first-order valence-corrected chi connectivity index (χ1v) is 7.50. The third-order valence-corrected chi connectivity index (χ3v) is 3.66. The number of pyridine rings is 2. The number of aryl methyl sites for hydroxylation is 2. The first kappa shape index (κ1) is 17.7. The molecule has 1 amide bonds. The number of nitrogens with one attached hydrogen (secondary N) is 1. The highest BCUT2D eigenvalue weighted by Crippen LogP contribution is 2.20. The van der Waals surface area contributed by atoms with Gasteiger partial charge in [-0.2, -0.15) is 0 Å². The second kappa shape index (κ2) is 7.74. The number of amides is 1. The predicted octanol–water partition coefficient (Wildman–Crippen LogP) is 1.77. The molecular formula is C17H21N3O4. The maximum atomic E-state index is 12.7. The molecule has 2 aromatic heterocycles. The third kappa shape index (κ3) is 3.62. The maximum Gasteiger partial charge on any atom is 0.263 e. The van der Waals surface area contributed by atoms with E-state index in [2.05, 4.69) is 10.3 Å². The van der Waals surface area contributed by atoms with Gasteiger partial charge in [0.25, 0.3) is 11.5 Å². The van der Waals surface area contributed by atoms with E-state index in [1.807, 2.05) is 13.0 Å². The van der Waals surface area contributed by atoms with E-state index in [9.17, 15) is 9.59 Å². The van der Waals surface area contributed by atoms with Crippen molar-refractivity contribution < 1.29 is 14.3 Å². The molecule has 0 bridgehead atoms. The quantitative estimate of drug-likeness (QED) is 0.872.